The van der Waals surface area contributed by atoms with Crippen molar-refractivity contribution in [1.82, 2.24) is 4.98 Å². The summed E-state index contributed by atoms with van der Waals surface area (Å²) in [5, 5.41) is 18.4. The third-order valence-corrected chi connectivity index (χ3v) is 8.84. The molecule has 2 unspecified atom stereocenters. The molecule has 1 heterocycles. The number of nitrogens with two attached hydrogens (primary N) is 1. The number of carbonyl (C=O) groups excluding carboxylic acids is 1. The van der Waals surface area contributed by atoms with Gasteiger partial charge in [0.15, 0.2) is 11.6 Å². The fraction of sp³-hybridized carbons (Fsp3) is 0.400. The molecule has 51 heavy (non-hydrogen) atoms. The second kappa shape index (κ2) is 20.1. The van der Waals surface area contributed by atoms with E-state index >= 15 is 8.78 Å². The molecule has 0 bridgehead atoms. The molecule has 2 atom stereocenters. The Bertz CT molecular complexity index is 1770. The molecule has 0 spiro atoms. The van der Waals surface area contributed by atoms with Gasteiger partial charge in [0.1, 0.15) is 23.7 Å². The molecule has 1 aromatic heterocycles. The Morgan fingerprint density at radius 2 is 2.00 bits per heavy atom. The van der Waals surface area contributed by atoms with E-state index < -0.39 is 17.6 Å². The van der Waals surface area contributed by atoms with Crippen LogP contribution in [0.4, 0.5) is 14.5 Å². The number of rotatable bonds is 17. The number of halogens is 2. The predicted molar refractivity (Wildman–Crippen MR) is 205 cm³/mol. The van der Waals surface area contributed by atoms with Gasteiger partial charge in [-0.05, 0) is 85.2 Å². The lowest BCUT2D eigenvalue weighted by Crippen LogP contribution is -2.26. The number of aliphatic hydroxyl groups excluding tert-OH is 1. The first-order chi connectivity index (χ1) is 24.5. The number of fused-ring (bicyclic) bond motifs is 1. The number of amidine groups is 1. The van der Waals surface area contributed by atoms with Crippen LogP contribution in [-0.4, -0.2) is 55.3 Å². The summed E-state index contributed by atoms with van der Waals surface area (Å²) in [4.78, 5) is 22.8. The molecular weight excluding hydrogens is 650 g/mol. The SMILES string of the molecule is CN=C(Nc1cccc(CCC=O)c1)C1CC(Oc2c(F)cc3[nH]ccc3c2C/C(N)=C/C=NCCC(C)(C)CCC(C)C=N)=CC=C1F.CO. The van der Waals surface area contributed by atoms with Crippen LogP contribution in [0, 0.1) is 28.5 Å². The van der Waals surface area contributed by atoms with Crippen molar-refractivity contribution in [3.63, 3.8) is 0 Å². The van der Waals surface area contributed by atoms with Crippen LogP contribution in [0.15, 0.2) is 88.1 Å². The molecule has 274 valence electrons. The van der Waals surface area contributed by atoms with Crippen LogP contribution in [0.25, 0.3) is 10.9 Å². The van der Waals surface area contributed by atoms with Crippen molar-refractivity contribution in [2.24, 2.45) is 33.0 Å². The van der Waals surface area contributed by atoms with E-state index in [0.717, 1.165) is 49.3 Å². The molecule has 0 saturated heterocycles. The van der Waals surface area contributed by atoms with E-state index in [4.69, 9.17) is 21.0 Å². The number of allylic oxidation sites excluding steroid dienone is 5. The molecule has 0 amide bonds. The minimum atomic E-state index is -0.767. The van der Waals surface area contributed by atoms with Gasteiger partial charge in [-0.3, -0.25) is 9.98 Å². The number of aromatic amines is 1. The summed E-state index contributed by atoms with van der Waals surface area (Å²) in [6.45, 7) is 7.14. The van der Waals surface area contributed by atoms with Gasteiger partial charge in [-0.25, -0.2) is 8.78 Å². The average molecular weight is 703 g/mol. The number of aromatic nitrogens is 1. The largest absolute Gasteiger partial charge is 0.458 e. The van der Waals surface area contributed by atoms with Gasteiger partial charge in [0.25, 0.3) is 0 Å². The van der Waals surface area contributed by atoms with E-state index in [1.54, 1.807) is 25.5 Å². The molecule has 1 aliphatic rings. The highest BCUT2D eigenvalue weighted by Gasteiger charge is 2.28. The second-order valence-corrected chi connectivity index (χ2v) is 13.4. The number of hydrogen-bond donors (Lipinski definition) is 5. The van der Waals surface area contributed by atoms with Crippen LogP contribution >= 0.6 is 0 Å². The maximum atomic E-state index is 15.7. The third-order valence-electron chi connectivity index (χ3n) is 8.84. The van der Waals surface area contributed by atoms with Gasteiger partial charge in [-0.15, -0.1) is 0 Å². The number of nitrogens with one attached hydrogen (secondary N) is 3. The fourth-order valence-electron chi connectivity index (χ4n) is 5.76. The molecule has 11 heteroatoms. The smallest absolute Gasteiger partial charge is 0.168 e. The summed E-state index contributed by atoms with van der Waals surface area (Å²) in [5.74, 6) is -0.636. The lowest BCUT2D eigenvalue weighted by Gasteiger charge is -2.24. The molecule has 6 N–H and O–H groups in total. The Hall–Kier alpha value is -4.90. The topological polar surface area (TPSA) is 149 Å². The summed E-state index contributed by atoms with van der Waals surface area (Å²) in [7, 11) is 2.59. The number of aryl methyl sites for hydroxylation is 1. The number of aldehydes is 1. The Balaban J connectivity index is 0.00000345. The van der Waals surface area contributed by atoms with E-state index in [0.29, 0.717) is 47.8 Å². The monoisotopic (exact) mass is 702 g/mol. The summed E-state index contributed by atoms with van der Waals surface area (Å²) in [6, 6.07) is 10.8. The van der Waals surface area contributed by atoms with Gasteiger partial charge in [0.2, 0.25) is 0 Å². The first-order valence-electron chi connectivity index (χ1n) is 17.2. The molecular formula is C40H52F2N6O3. The molecule has 1 aliphatic carbocycles. The molecule has 4 rings (SSSR count). The zero-order valence-electron chi connectivity index (χ0n) is 30.3. The van der Waals surface area contributed by atoms with Crippen LogP contribution < -0.4 is 15.8 Å². The summed E-state index contributed by atoms with van der Waals surface area (Å²) >= 11 is 0. The lowest BCUT2D eigenvalue weighted by molar-refractivity contribution is -0.107. The van der Waals surface area contributed by atoms with Gasteiger partial charge in [-0.1, -0.05) is 32.9 Å². The van der Waals surface area contributed by atoms with Crippen molar-refractivity contribution >= 4 is 41.1 Å². The highest BCUT2D eigenvalue weighted by atomic mass is 19.1. The Morgan fingerprint density at radius 3 is 2.73 bits per heavy atom. The fourth-order valence-corrected chi connectivity index (χ4v) is 5.76. The van der Waals surface area contributed by atoms with Crippen molar-refractivity contribution in [3.05, 3.63) is 95.1 Å². The Morgan fingerprint density at radius 1 is 1.22 bits per heavy atom. The average Bonchev–Trinajstić information content (AvgIpc) is 3.60. The highest BCUT2D eigenvalue weighted by molar-refractivity contribution is 5.99. The minimum absolute atomic E-state index is 0.0350. The summed E-state index contributed by atoms with van der Waals surface area (Å²) < 4.78 is 37.1. The van der Waals surface area contributed by atoms with E-state index in [1.807, 2.05) is 30.3 Å². The van der Waals surface area contributed by atoms with Gasteiger partial charge in [0.05, 0.1) is 5.92 Å². The molecule has 0 aliphatic heterocycles. The Labute approximate surface area is 300 Å². The van der Waals surface area contributed by atoms with Gasteiger partial charge < -0.3 is 36.1 Å². The lowest BCUT2D eigenvalue weighted by atomic mass is 9.82. The first-order valence-corrected chi connectivity index (χ1v) is 17.2. The van der Waals surface area contributed by atoms with E-state index in [9.17, 15) is 4.79 Å². The van der Waals surface area contributed by atoms with Crippen LogP contribution in [0.5, 0.6) is 5.75 Å². The standard InChI is InChI=1S/C39H48F2N6O2.CH4O/c1-26(25-42)12-15-39(2,3)16-19-45-17-13-28(43)22-32-31-14-18-46-36(31)24-35(41)37(32)49-30-10-11-34(40)33(23-30)38(44-4)47-29-9-5-7-27(21-29)8-6-20-48;1-2/h5,7,9-11,13-14,17-18,20-21,24-26,33,42,46H,6,8,12,15-16,19,22-23,43H2,1-4H3,(H,44,47);2H,1H3/b28-13-,42-25?,45-17?;. The van der Waals surface area contributed by atoms with E-state index in [2.05, 4.69) is 41.1 Å². The maximum absolute atomic E-state index is 15.7. The second-order valence-electron chi connectivity index (χ2n) is 13.4. The van der Waals surface area contributed by atoms with Crippen molar-refractivity contribution in [2.75, 3.05) is 26.0 Å². The van der Waals surface area contributed by atoms with Gasteiger partial charge >= 0.3 is 0 Å². The van der Waals surface area contributed by atoms with E-state index in [1.165, 1.54) is 24.4 Å². The number of anilines is 1. The number of ether oxygens (including phenoxy) is 1. The molecule has 0 radical (unpaired) electrons. The number of nitrogens with zero attached hydrogens (tertiary/aromatic N) is 2. The highest BCUT2D eigenvalue weighted by Crippen LogP contribution is 2.36. The first kappa shape index (κ1) is 40.5. The van der Waals surface area contributed by atoms with Gasteiger partial charge in [-0.2, -0.15) is 0 Å². The van der Waals surface area contributed by atoms with Crippen molar-refractivity contribution < 1.29 is 23.4 Å². The number of benzene rings is 2. The third kappa shape index (κ3) is 12.1. The number of aliphatic hydroxyl groups is 1. The molecule has 2 aromatic carbocycles. The van der Waals surface area contributed by atoms with Crippen molar-refractivity contribution in [3.8, 4) is 5.75 Å². The van der Waals surface area contributed by atoms with Crippen molar-refractivity contribution in [2.45, 2.75) is 65.7 Å². The number of hydrogen-bond acceptors (Lipinski definition) is 7. The minimum Gasteiger partial charge on any atom is -0.458 e. The Kier molecular flexibility index (Phi) is 16.0. The quantitative estimate of drug-likeness (QED) is 0.0546. The normalized spacial score (nSPS) is 15.9. The number of carbonyl (C=O) groups is 1. The van der Waals surface area contributed by atoms with E-state index in [-0.39, 0.29) is 29.9 Å². The summed E-state index contributed by atoms with van der Waals surface area (Å²) in [6.07, 6.45) is 14.6. The van der Waals surface area contributed by atoms with Crippen LogP contribution in [0.1, 0.15) is 64.0 Å². The van der Waals surface area contributed by atoms with Gasteiger partial charge in [0, 0.05) is 86.3 Å². The number of H-pyrrole nitrogens is 1. The van der Waals surface area contributed by atoms with Crippen LogP contribution in [0.3, 0.4) is 0 Å². The molecule has 0 fully saturated rings. The predicted octanol–water partition coefficient (Wildman–Crippen LogP) is 8.26. The van der Waals surface area contributed by atoms with Crippen molar-refractivity contribution in [1.29, 1.82) is 5.41 Å². The van der Waals surface area contributed by atoms with Crippen LogP contribution in [-0.2, 0) is 17.6 Å². The zero-order valence-corrected chi connectivity index (χ0v) is 30.3. The number of aliphatic imine (C=N–C) groups is 2. The molecule has 0 saturated carbocycles. The molecule has 9 nitrogen and oxygen atoms in total. The molecule has 3 aromatic rings. The van der Waals surface area contributed by atoms with Crippen LogP contribution in [0.2, 0.25) is 0 Å². The zero-order chi connectivity index (χ0) is 37.4. The summed E-state index contributed by atoms with van der Waals surface area (Å²) in [5.41, 5.74) is 9.93. The maximum Gasteiger partial charge on any atom is 0.168 e.